The highest BCUT2D eigenvalue weighted by Gasteiger charge is 2.55. The van der Waals surface area contributed by atoms with Crippen molar-refractivity contribution in [2.24, 2.45) is 29.1 Å². The largest absolute Gasteiger partial charge is 0.344 e. The van der Waals surface area contributed by atoms with Gasteiger partial charge < -0.3 is 10.6 Å². The standard InChI is InChI=1S/C22H28ClFN2O2/c1-12(2)19(20(27)25-18-4-3-16(23)8-17(18)24)26-21(28)22-9-13-5-14(10-22)7-15(6-13)11-22/h3-4,8,12-15,19H,5-7,9-11H2,1-2H3,(H,25,27)(H,26,28)/t13?,14?,15?,19-,22?/m0/s1. The summed E-state index contributed by atoms with van der Waals surface area (Å²) < 4.78 is 14.1. The highest BCUT2D eigenvalue weighted by atomic mass is 35.5. The van der Waals surface area contributed by atoms with Crippen molar-refractivity contribution in [3.63, 3.8) is 0 Å². The number of rotatable bonds is 5. The summed E-state index contributed by atoms with van der Waals surface area (Å²) in [6.45, 7) is 3.78. The van der Waals surface area contributed by atoms with E-state index in [0.717, 1.165) is 25.3 Å². The van der Waals surface area contributed by atoms with Crippen molar-refractivity contribution in [3.8, 4) is 0 Å². The number of amides is 2. The average Bonchev–Trinajstić information content (AvgIpc) is 2.60. The zero-order valence-corrected chi connectivity index (χ0v) is 17.2. The Bertz CT molecular complexity index is 759. The van der Waals surface area contributed by atoms with E-state index in [2.05, 4.69) is 10.6 Å². The topological polar surface area (TPSA) is 58.2 Å². The quantitative estimate of drug-likeness (QED) is 0.739. The van der Waals surface area contributed by atoms with E-state index in [1.165, 1.54) is 31.4 Å². The second-order valence-electron chi connectivity index (χ2n) is 9.51. The molecule has 6 heteroatoms. The number of benzene rings is 1. The number of carbonyl (C=O) groups excluding carboxylic acids is 2. The molecule has 28 heavy (non-hydrogen) atoms. The maximum absolute atomic E-state index is 14.1. The smallest absolute Gasteiger partial charge is 0.247 e. The van der Waals surface area contributed by atoms with Crippen molar-refractivity contribution in [2.45, 2.75) is 58.4 Å². The zero-order valence-electron chi connectivity index (χ0n) is 16.4. The van der Waals surface area contributed by atoms with E-state index < -0.39 is 17.8 Å². The molecule has 0 saturated heterocycles. The van der Waals surface area contributed by atoms with Crippen LogP contribution in [0.5, 0.6) is 0 Å². The van der Waals surface area contributed by atoms with E-state index in [0.29, 0.717) is 17.8 Å². The fraction of sp³-hybridized carbons (Fsp3) is 0.636. The van der Waals surface area contributed by atoms with Gasteiger partial charge in [-0.2, -0.15) is 0 Å². The number of hydrogen-bond acceptors (Lipinski definition) is 2. The molecule has 4 nitrogen and oxygen atoms in total. The predicted molar refractivity (Wildman–Crippen MR) is 107 cm³/mol. The maximum Gasteiger partial charge on any atom is 0.247 e. The lowest BCUT2D eigenvalue weighted by molar-refractivity contribution is -0.148. The van der Waals surface area contributed by atoms with Crippen molar-refractivity contribution in [3.05, 3.63) is 29.0 Å². The summed E-state index contributed by atoms with van der Waals surface area (Å²) >= 11 is 5.78. The van der Waals surface area contributed by atoms with Crippen LogP contribution >= 0.6 is 11.6 Å². The van der Waals surface area contributed by atoms with Gasteiger partial charge in [-0.3, -0.25) is 9.59 Å². The summed E-state index contributed by atoms with van der Waals surface area (Å²) in [4.78, 5) is 26.1. The van der Waals surface area contributed by atoms with Gasteiger partial charge in [0, 0.05) is 10.4 Å². The first kappa shape index (κ1) is 19.7. The van der Waals surface area contributed by atoms with E-state index in [9.17, 15) is 14.0 Å². The molecule has 4 bridgehead atoms. The summed E-state index contributed by atoms with van der Waals surface area (Å²) in [5, 5.41) is 5.91. The third-order valence-corrected chi connectivity index (χ3v) is 7.18. The van der Waals surface area contributed by atoms with Gasteiger partial charge in [-0.25, -0.2) is 4.39 Å². The Labute approximate surface area is 170 Å². The number of halogens is 2. The molecule has 0 unspecified atom stereocenters. The molecule has 1 aromatic carbocycles. The normalized spacial score (nSPS) is 31.7. The van der Waals surface area contributed by atoms with Crippen LogP contribution in [0.3, 0.4) is 0 Å². The maximum atomic E-state index is 14.1. The van der Waals surface area contributed by atoms with Crippen molar-refractivity contribution in [1.82, 2.24) is 5.32 Å². The summed E-state index contributed by atoms with van der Waals surface area (Å²) in [5.74, 6) is 0.903. The van der Waals surface area contributed by atoms with Crippen LogP contribution in [-0.4, -0.2) is 17.9 Å². The van der Waals surface area contributed by atoms with Gasteiger partial charge in [0.25, 0.3) is 0 Å². The average molecular weight is 407 g/mol. The van der Waals surface area contributed by atoms with Gasteiger partial charge >= 0.3 is 0 Å². The molecule has 4 aliphatic carbocycles. The Morgan fingerprint density at radius 3 is 2.18 bits per heavy atom. The number of hydrogen-bond donors (Lipinski definition) is 2. The van der Waals surface area contributed by atoms with Crippen molar-refractivity contribution < 1.29 is 14.0 Å². The Hall–Kier alpha value is -1.62. The summed E-state index contributed by atoms with van der Waals surface area (Å²) in [7, 11) is 0. The van der Waals surface area contributed by atoms with Crippen molar-refractivity contribution >= 4 is 29.1 Å². The van der Waals surface area contributed by atoms with Gasteiger partial charge in [-0.15, -0.1) is 0 Å². The van der Waals surface area contributed by atoms with E-state index in [1.807, 2.05) is 13.8 Å². The first-order chi connectivity index (χ1) is 13.3. The zero-order chi connectivity index (χ0) is 20.1. The molecule has 0 aliphatic heterocycles. The van der Waals surface area contributed by atoms with E-state index >= 15 is 0 Å². The Morgan fingerprint density at radius 1 is 1.11 bits per heavy atom. The van der Waals surface area contributed by atoms with Gasteiger partial charge in [-0.05, 0) is 80.4 Å². The SMILES string of the molecule is CC(C)[C@H](NC(=O)C12CC3CC(CC(C3)C1)C2)C(=O)Nc1ccc(Cl)cc1F. The molecule has 0 spiro atoms. The molecule has 0 radical (unpaired) electrons. The number of carbonyl (C=O) groups is 2. The summed E-state index contributed by atoms with van der Waals surface area (Å²) in [5.41, 5.74) is -0.239. The third kappa shape index (κ3) is 3.66. The molecule has 2 amide bonds. The number of nitrogens with one attached hydrogen (secondary N) is 2. The van der Waals surface area contributed by atoms with Gasteiger partial charge in [0.2, 0.25) is 11.8 Å². The molecule has 1 atom stereocenters. The van der Waals surface area contributed by atoms with Crippen LogP contribution in [0.4, 0.5) is 10.1 Å². The molecule has 4 saturated carbocycles. The van der Waals surface area contributed by atoms with Crippen LogP contribution in [-0.2, 0) is 9.59 Å². The molecule has 1 aromatic rings. The fourth-order valence-corrected chi connectivity index (χ4v) is 6.18. The van der Waals surface area contributed by atoms with Crippen LogP contribution in [0, 0.1) is 34.9 Å². The number of anilines is 1. The van der Waals surface area contributed by atoms with Gasteiger partial charge in [0.05, 0.1) is 5.69 Å². The summed E-state index contributed by atoms with van der Waals surface area (Å²) in [6, 6.07) is 3.43. The molecular formula is C22H28ClFN2O2. The van der Waals surface area contributed by atoms with Crippen molar-refractivity contribution in [1.29, 1.82) is 0 Å². The minimum atomic E-state index is -0.699. The second kappa shape index (κ2) is 7.33. The highest BCUT2D eigenvalue weighted by molar-refractivity contribution is 6.30. The second-order valence-corrected chi connectivity index (χ2v) is 9.94. The lowest BCUT2D eigenvalue weighted by Crippen LogP contribution is -2.57. The molecule has 5 rings (SSSR count). The van der Waals surface area contributed by atoms with Gasteiger partial charge in [-0.1, -0.05) is 25.4 Å². The summed E-state index contributed by atoms with van der Waals surface area (Å²) in [6.07, 6.45) is 6.62. The van der Waals surface area contributed by atoms with Gasteiger partial charge in [0.1, 0.15) is 11.9 Å². The van der Waals surface area contributed by atoms with E-state index in [1.54, 1.807) is 0 Å². The first-order valence-electron chi connectivity index (χ1n) is 10.3. The van der Waals surface area contributed by atoms with Crippen LogP contribution < -0.4 is 10.6 Å². The van der Waals surface area contributed by atoms with Crippen LogP contribution in [0.25, 0.3) is 0 Å². The minimum Gasteiger partial charge on any atom is -0.344 e. The Kier molecular flexibility index (Phi) is 5.15. The Morgan fingerprint density at radius 2 is 1.68 bits per heavy atom. The molecule has 4 aliphatic rings. The van der Waals surface area contributed by atoms with Crippen LogP contribution in [0.2, 0.25) is 5.02 Å². The van der Waals surface area contributed by atoms with Crippen LogP contribution in [0.15, 0.2) is 18.2 Å². The monoisotopic (exact) mass is 406 g/mol. The minimum absolute atomic E-state index is 0.0111. The third-order valence-electron chi connectivity index (χ3n) is 6.94. The molecule has 0 aromatic heterocycles. The van der Waals surface area contributed by atoms with E-state index in [-0.39, 0.29) is 28.0 Å². The molecule has 2 N–H and O–H groups in total. The lowest BCUT2D eigenvalue weighted by atomic mass is 9.49. The molecular weight excluding hydrogens is 379 g/mol. The first-order valence-corrected chi connectivity index (χ1v) is 10.7. The molecule has 4 fully saturated rings. The molecule has 0 heterocycles. The molecule has 152 valence electrons. The highest BCUT2D eigenvalue weighted by Crippen LogP contribution is 2.60. The Balaban J connectivity index is 1.47. The van der Waals surface area contributed by atoms with E-state index in [4.69, 9.17) is 11.6 Å². The fourth-order valence-electron chi connectivity index (χ4n) is 6.02. The van der Waals surface area contributed by atoms with Crippen LogP contribution in [0.1, 0.15) is 52.4 Å². The lowest BCUT2D eigenvalue weighted by Gasteiger charge is -2.55. The predicted octanol–water partition coefficient (Wildman–Crippen LogP) is 4.77. The van der Waals surface area contributed by atoms with Gasteiger partial charge in [0.15, 0.2) is 0 Å². The van der Waals surface area contributed by atoms with Crippen molar-refractivity contribution in [2.75, 3.05) is 5.32 Å².